The van der Waals surface area contributed by atoms with Crippen LogP contribution in [0.2, 0.25) is 0 Å². The van der Waals surface area contributed by atoms with Crippen LogP contribution in [0.15, 0.2) is 53.9 Å². The Morgan fingerprint density at radius 3 is 2.41 bits per heavy atom. The van der Waals surface area contributed by atoms with Crippen molar-refractivity contribution in [2.75, 3.05) is 0 Å². The highest BCUT2D eigenvalue weighted by Crippen LogP contribution is 2.31. The van der Waals surface area contributed by atoms with Crippen molar-refractivity contribution in [2.45, 2.75) is 31.5 Å². The second-order valence-corrected chi connectivity index (χ2v) is 6.63. The molecule has 0 radical (unpaired) electrons. The first-order valence-corrected chi connectivity index (χ1v) is 8.83. The van der Waals surface area contributed by atoms with E-state index in [1.165, 1.54) is 12.3 Å². The average molecular weight is 406 g/mol. The second-order valence-electron chi connectivity index (χ2n) is 6.63. The van der Waals surface area contributed by atoms with Gasteiger partial charge in [-0.25, -0.2) is 4.39 Å². The number of alkyl halides is 3. The van der Waals surface area contributed by atoms with Gasteiger partial charge in [0.05, 0.1) is 11.6 Å². The molecule has 29 heavy (non-hydrogen) atoms. The normalized spacial score (nSPS) is 15.3. The van der Waals surface area contributed by atoms with Crippen LogP contribution in [0.1, 0.15) is 42.1 Å². The smallest absolute Gasteiger partial charge is 0.402 e. The summed E-state index contributed by atoms with van der Waals surface area (Å²) >= 11 is 0. The molecule has 1 unspecified atom stereocenters. The van der Waals surface area contributed by atoms with E-state index in [1.54, 1.807) is 0 Å². The van der Waals surface area contributed by atoms with Crippen LogP contribution in [0.25, 0.3) is 0 Å². The van der Waals surface area contributed by atoms with Gasteiger partial charge in [-0.15, -0.1) is 0 Å². The molecule has 0 saturated carbocycles. The van der Waals surface area contributed by atoms with E-state index in [2.05, 4.69) is 10.3 Å². The van der Waals surface area contributed by atoms with Crippen LogP contribution >= 0.6 is 0 Å². The molecule has 1 amide bonds. The molecule has 4 N–H and O–H groups in total. The van der Waals surface area contributed by atoms with E-state index in [1.807, 2.05) is 0 Å². The van der Waals surface area contributed by atoms with Crippen LogP contribution in [0, 0.1) is 11.2 Å². The van der Waals surface area contributed by atoms with E-state index in [4.69, 9.17) is 11.1 Å². The summed E-state index contributed by atoms with van der Waals surface area (Å²) in [6.07, 6.45) is -1.41. The van der Waals surface area contributed by atoms with Gasteiger partial charge in [0.15, 0.2) is 0 Å². The Morgan fingerprint density at radius 1 is 1.17 bits per heavy atom. The van der Waals surface area contributed by atoms with Gasteiger partial charge in [0.1, 0.15) is 17.2 Å². The number of allylic oxidation sites excluding steroid dienone is 1. The molecule has 0 fully saturated rings. The fourth-order valence-corrected chi connectivity index (χ4v) is 3.18. The van der Waals surface area contributed by atoms with Crippen LogP contribution in [0.3, 0.4) is 0 Å². The molecule has 0 bridgehead atoms. The number of hydrogen-bond acceptors (Lipinski definition) is 4. The molecule has 0 saturated heterocycles. The zero-order valence-corrected chi connectivity index (χ0v) is 15.2. The first-order chi connectivity index (χ1) is 13.7. The highest BCUT2D eigenvalue weighted by atomic mass is 19.4. The molecule has 1 atom stereocenters. The molecule has 152 valence electrons. The van der Waals surface area contributed by atoms with E-state index in [0.29, 0.717) is 24.1 Å². The zero-order chi connectivity index (χ0) is 21.2. The fourth-order valence-electron chi connectivity index (χ4n) is 3.18. The number of halogens is 4. The molecule has 1 aliphatic carbocycles. The Hall–Kier alpha value is -3.23. The summed E-state index contributed by atoms with van der Waals surface area (Å²) in [6.45, 7) is 0. The molecular weight excluding hydrogens is 388 g/mol. The molecule has 5 nitrogen and oxygen atoms in total. The first-order valence-electron chi connectivity index (χ1n) is 8.83. The van der Waals surface area contributed by atoms with Gasteiger partial charge in [-0.3, -0.25) is 15.2 Å². The first kappa shape index (κ1) is 20.5. The lowest BCUT2D eigenvalue weighted by Crippen LogP contribution is -2.36. The number of amides is 1. The maximum absolute atomic E-state index is 14.3. The van der Waals surface area contributed by atoms with E-state index >= 15 is 0 Å². The molecule has 0 spiro atoms. The number of pyridine rings is 1. The second kappa shape index (κ2) is 8.02. The van der Waals surface area contributed by atoms with Crippen LogP contribution in [-0.4, -0.2) is 16.6 Å². The Bertz CT molecular complexity index is 967. The Morgan fingerprint density at radius 2 is 1.86 bits per heavy atom. The van der Waals surface area contributed by atoms with Gasteiger partial charge in [-0.2, -0.15) is 13.2 Å². The Labute approximate surface area is 164 Å². The lowest BCUT2D eigenvalue weighted by molar-refractivity contribution is -0.137. The topological polar surface area (TPSA) is 91.9 Å². The number of carbonyl (C=O) groups excluding carboxylic acids is 1. The van der Waals surface area contributed by atoms with Crippen LogP contribution in [0.5, 0.6) is 0 Å². The van der Waals surface area contributed by atoms with Gasteiger partial charge in [0.2, 0.25) is 0 Å². The lowest BCUT2D eigenvalue weighted by Gasteiger charge is -2.20. The summed E-state index contributed by atoms with van der Waals surface area (Å²) < 4.78 is 52.9. The third kappa shape index (κ3) is 4.44. The maximum atomic E-state index is 14.3. The predicted octanol–water partition coefficient (Wildman–Crippen LogP) is 3.86. The lowest BCUT2D eigenvalue weighted by atomic mass is 10.00. The monoisotopic (exact) mass is 406 g/mol. The number of rotatable bonds is 5. The quantitative estimate of drug-likeness (QED) is 0.520. The predicted molar refractivity (Wildman–Crippen MR) is 98.4 cm³/mol. The summed E-state index contributed by atoms with van der Waals surface area (Å²) in [5.41, 5.74) is 5.54. The number of aromatic nitrogens is 1. The summed E-state index contributed by atoms with van der Waals surface area (Å²) in [6, 6.07) is 5.31. The molecule has 1 aromatic carbocycles. The number of nitrogens with zero attached hydrogens (tertiary/aromatic N) is 1. The molecular formula is C20H18F4N4O. The van der Waals surface area contributed by atoms with Crippen molar-refractivity contribution < 1.29 is 22.4 Å². The Balaban J connectivity index is 1.94. The molecule has 1 aliphatic rings. The number of hydrogen-bond donors (Lipinski definition) is 3. The van der Waals surface area contributed by atoms with Crippen molar-refractivity contribution in [2.24, 2.45) is 5.73 Å². The van der Waals surface area contributed by atoms with E-state index < -0.39 is 29.5 Å². The number of benzene rings is 1. The molecule has 1 heterocycles. The molecule has 9 heteroatoms. The number of nitrogens with one attached hydrogen (secondary N) is 2. The van der Waals surface area contributed by atoms with Crippen molar-refractivity contribution in [3.63, 3.8) is 0 Å². The summed E-state index contributed by atoms with van der Waals surface area (Å²) in [5, 5.41) is 10.6. The Kier molecular flexibility index (Phi) is 5.67. The highest BCUT2D eigenvalue weighted by Gasteiger charge is 2.31. The average Bonchev–Trinajstić information content (AvgIpc) is 3.11. The molecule has 2 aromatic rings. The van der Waals surface area contributed by atoms with Gasteiger partial charge in [-0.1, -0.05) is 12.1 Å². The van der Waals surface area contributed by atoms with Crippen molar-refractivity contribution in [1.29, 1.82) is 5.41 Å². The van der Waals surface area contributed by atoms with Crippen molar-refractivity contribution in [1.82, 2.24) is 10.3 Å². The SMILES string of the molecule is N=C(C(=O)NC(c1ccc(C(F)(F)F)cc1)c1ncccc1F)C1=C(N)CCC1. The van der Waals surface area contributed by atoms with Crippen LogP contribution in [-0.2, 0) is 11.0 Å². The fraction of sp³-hybridized carbons (Fsp3) is 0.250. The minimum atomic E-state index is -4.53. The molecule has 1 aromatic heterocycles. The van der Waals surface area contributed by atoms with Gasteiger partial charge in [0.25, 0.3) is 5.91 Å². The zero-order valence-electron chi connectivity index (χ0n) is 15.2. The summed E-state index contributed by atoms with van der Waals surface area (Å²) in [7, 11) is 0. The van der Waals surface area contributed by atoms with Gasteiger partial charge in [0, 0.05) is 17.5 Å². The molecule has 0 aliphatic heterocycles. The maximum Gasteiger partial charge on any atom is 0.416 e. The van der Waals surface area contributed by atoms with Crippen molar-refractivity contribution in [3.05, 3.63) is 76.5 Å². The standard InChI is InChI=1S/C20H18F4N4O/c21-14-4-2-10-27-18(14)17(11-6-8-12(9-7-11)20(22,23)24)28-19(29)16(26)13-3-1-5-15(13)25/h2,4,6-10,17,26H,1,3,5,25H2,(H,28,29). The van der Waals surface area contributed by atoms with Crippen molar-refractivity contribution >= 4 is 11.6 Å². The van der Waals surface area contributed by atoms with Gasteiger partial charge < -0.3 is 11.1 Å². The van der Waals surface area contributed by atoms with Gasteiger partial charge in [-0.05, 0) is 49.1 Å². The van der Waals surface area contributed by atoms with Crippen LogP contribution in [0.4, 0.5) is 17.6 Å². The largest absolute Gasteiger partial charge is 0.416 e. The van der Waals surface area contributed by atoms with Crippen LogP contribution < -0.4 is 11.1 Å². The van der Waals surface area contributed by atoms with Crippen molar-refractivity contribution in [3.8, 4) is 0 Å². The third-order valence-corrected chi connectivity index (χ3v) is 4.70. The van der Waals surface area contributed by atoms with E-state index in [-0.39, 0.29) is 17.0 Å². The third-order valence-electron chi connectivity index (χ3n) is 4.70. The van der Waals surface area contributed by atoms with Gasteiger partial charge >= 0.3 is 6.18 Å². The number of carbonyl (C=O) groups is 1. The summed E-state index contributed by atoms with van der Waals surface area (Å²) in [5.74, 6) is -1.54. The highest BCUT2D eigenvalue weighted by molar-refractivity contribution is 6.44. The minimum absolute atomic E-state index is 0.165. The summed E-state index contributed by atoms with van der Waals surface area (Å²) in [4.78, 5) is 16.5. The van der Waals surface area contributed by atoms with E-state index in [0.717, 1.165) is 36.8 Å². The molecule has 3 rings (SSSR count). The number of nitrogens with two attached hydrogens (primary N) is 1. The minimum Gasteiger partial charge on any atom is -0.402 e. The van der Waals surface area contributed by atoms with E-state index in [9.17, 15) is 22.4 Å².